The lowest BCUT2D eigenvalue weighted by atomic mass is 10.1. The summed E-state index contributed by atoms with van der Waals surface area (Å²) in [6, 6.07) is 0. The summed E-state index contributed by atoms with van der Waals surface area (Å²) in [5.41, 5.74) is 36.9. The van der Waals surface area contributed by atoms with Crippen LogP contribution in [0.25, 0.3) is 55.8 Å². The number of H-pyrrole nitrogens is 1. The number of rotatable bonds is 41. The molecule has 29 atom stereocenters. The van der Waals surface area contributed by atoms with Crippen molar-refractivity contribution in [1.82, 2.24) is 117 Å². The van der Waals surface area contributed by atoms with Crippen LogP contribution in [0.15, 0.2) is 90.1 Å². The number of hydrogen-bond donors (Lipinski definition) is 15. The molecule has 7 aliphatic rings. The van der Waals surface area contributed by atoms with E-state index in [4.69, 9.17) is 214 Å². The van der Waals surface area contributed by atoms with Crippen LogP contribution in [-0.4, -0.2) is 294 Å². The number of anilines is 6. The van der Waals surface area contributed by atoms with Crippen molar-refractivity contribution in [2.75, 3.05) is 81.2 Å². The number of hydrogen-bond acceptors (Lipinski definition) is 54. The van der Waals surface area contributed by atoms with Crippen molar-refractivity contribution in [3.05, 3.63) is 118 Å². The Balaban J connectivity index is 0.541. The zero-order valence-corrected chi connectivity index (χ0v) is 88.9. The van der Waals surface area contributed by atoms with Gasteiger partial charge in [0.05, 0.1) is 114 Å². The van der Waals surface area contributed by atoms with Crippen LogP contribution in [0.3, 0.4) is 0 Å². The fourth-order valence-corrected chi connectivity index (χ4v) is 27.4. The Bertz CT molecular complexity index is 7580. The number of ether oxygens (including phenoxy) is 7. The van der Waals surface area contributed by atoms with E-state index in [-0.39, 0.29) is 129 Å². The molecule has 76 heteroatoms. The van der Waals surface area contributed by atoms with Crippen LogP contribution in [0.2, 0.25) is 0 Å². The van der Waals surface area contributed by atoms with Gasteiger partial charge in [-0.25, -0.2) is 84.3 Å². The van der Waals surface area contributed by atoms with E-state index in [1.54, 1.807) is 4.57 Å². The van der Waals surface area contributed by atoms with Crippen LogP contribution in [0, 0.1) is 13.8 Å². The third kappa shape index (κ3) is 23.8. The highest BCUT2D eigenvalue weighted by molar-refractivity contribution is 8.09. The van der Waals surface area contributed by atoms with E-state index in [9.17, 15) is 53.7 Å². The van der Waals surface area contributed by atoms with E-state index in [0.29, 0.717) is 17.6 Å². The van der Waals surface area contributed by atoms with E-state index in [2.05, 4.69) is 84.7 Å². The molecular formula is C72H93N30O32P7S7. The highest BCUT2D eigenvalue weighted by Gasteiger charge is 2.54. The molecule has 148 heavy (non-hydrogen) atoms. The van der Waals surface area contributed by atoms with Crippen molar-refractivity contribution < 1.29 is 136 Å². The molecule has 21 N–H and O–H groups in total. The first-order valence-corrected chi connectivity index (χ1v) is 62.5. The van der Waals surface area contributed by atoms with Gasteiger partial charge < -0.3 is 166 Å². The van der Waals surface area contributed by atoms with Crippen LogP contribution >= 0.6 is 47.0 Å². The van der Waals surface area contributed by atoms with Gasteiger partial charge in [0, 0.05) is 69.2 Å². The lowest BCUT2D eigenvalue weighted by Gasteiger charge is -2.29. The van der Waals surface area contributed by atoms with E-state index in [1.165, 1.54) is 108 Å². The van der Waals surface area contributed by atoms with Crippen LogP contribution in [0.4, 0.5) is 34.9 Å². The van der Waals surface area contributed by atoms with E-state index in [0.717, 1.165) is 16.2 Å². The van der Waals surface area contributed by atoms with Crippen LogP contribution < -0.4 is 51.3 Å². The van der Waals surface area contributed by atoms with Gasteiger partial charge in [-0.15, -0.1) is 0 Å². The smallest absolute Gasteiger partial charge is 0.351 e. The second kappa shape index (κ2) is 43.7. The van der Waals surface area contributed by atoms with Gasteiger partial charge in [-0.05, 0) is 103 Å². The molecular weight excluding hydrogens is 2240 g/mol. The predicted molar refractivity (Wildman–Crippen MR) is 536 cm³/mol. The molecule has 0 amide bonds. The second-order valence-corrected chi connectivity index (χ2v) is 53.9. The maximum Gasteiger partial charge on any atom is 0.351 e. The van der Waals surface area contributed by atoms with Gasteiger partial charge in [0.2, 0.25) is 0 Å². The molecule has 7 saturated heterocycles. The molecule has 19 rings (SSSR count). The highest BCUT2D eigenvalue weighted by atomic mass is 32.5. The number of nitrogen functional groups attached to an aromatic ring is 6. The summed E-state index contributed by atoms with van der Waals surface area (Å²) in [6.07, 6.45) is -13.3. The van der Waals surface area contributed by atoms with Gasteiger partial charge in [-0.1, -0.05) is 6.92 Å². The van der Waals surface area contributed by atoms with Crippen LogP contribution in [-0.2, 0) is 179 Å². The normalized spacial score (nSPS) is 29.8. The summed E-state index contributed by atoms with van der Waals surface area (Å²) >= 11 is 39.4. The van der Waals surface area contributed by atoms with Gasteiger partial charge in [0.15, 0.2) is 63.6 Å². The van der Waals surface area contributed by atoms with Gasteiger partial charge in [-0.3, -0.25) is 46.3 Å². The zero-order chi connectivity index (χ0) is 105. The van der Waals surface area contributed by atoms with Gasteiger partial charge in [0.1, 0.15) is 151 Å². The van der Waals surface area contributed by atoms with Crippen molar-refractivity contribution in [2.24, 2.45) is 0 Å². The quantitative estimate of drug-likeness (QED) is 0.0241. The average Bonchev–Trinajstić information content (AvgIpc) is 1.61. The molecule has 12 aromatic heterocycles. The lowest BCUT2D eigenvalue weighted by Crippen LogP contribution is -2.38. The van der Waals surface area contributed by atoms with Crippen LogP contribution in [0.5, 0.6) is 0 Å². The van der Waals surface area contributed by atoms with Crippen molar-refractivity contribution in [3.8, 4) is 0 Å². The maximum absolute atomic E-state index is 13.7. The largest absolute Gasteiger partial charge is 0.386 e. The van der Waals surface area contributed by atoms with E-state index in [1.807, 2.05) is 6.92 Å². The lowest BCUT2D eigenvalue weighted by molar-refractivity contribution is -0.0583. The summed E-state index contributed by atoms with van der Waals surface area (Å²) < 4.78 is 139. The topological polar surface area (TPSA) is 820 Å². The molecule has 7 fully saturated rings. The summed E-state index contributed by atoms with van der Waals surface area (Å²) in [5, 5.41) is 12.4. The zero-order valence-electron chi connectivity index (χ0n) is 76.9. The number of aromatic amines is 1. The Kier molecular flexibility index (Phi) is 32.1. The third-order valence-corrected chi connectivity index (χ3v) is 35.9. The molecule has 14 unspecified atom stereocenters. The Morgan fingerprint density at radius 1 is 0.351 bits per heavy atom. The molecule has 800 valence electrons. The number of aryl methyl sites for hydroxylation is 2. The summed E-state index contributed by atoms with van der Waals surface area (Å²) in [6.45, 7) is -31.1. The molecule has 0 saturated carbocycles. The fourth-order valence-electron chi connectivity index (χ4n) is 17.6. The first kappa shape index (κ1) is 109. The number of nitrogens with one attached hydrogen (secondary N) is 1. The molecule has 19 heterocycles. The fraction of sp³-hybridized carbons (Fsp3) is 0.542. The minimum atomic E-state index is -4.88. The Hall–Kier alpha value is -7.50. The number of aromatic nitrogens is 24. The monoisotopic (exact) mass is 2330 g/mol. The first-order valence-electron chi connectivity index (χ1n) is 44.3. The average molecular weight is 2330 g/mol. The SMILES string of the molecule is CC[C@H]1O[C@@H](n2cnc3c(N)ncnc32)CC1OP(O)(=S)OC[C@H]1O[C@@H](n2cnc3c(N)ncnc32)CC1OP(O)(=S)OC[C@H]1O[C@@H](n2cc(C)c(N)nc2=O)[C@@H](O)C1OP(O)(=S)OC[C@H]1O[C@@H](n2cnc3c(N)ncnc32)CC1OP(O)(=S)OC[C@H]1O[C@@H](n2cnc3c(N)ncnc32)CC1OP(O)(=S)OC[C@H]1O[C@@H](n2cc(C)c(=O)[nH]c2=O)CC1OP(O)(=S)OC[C@H]1O[C@@H](n2cnc3c(N)ncnc32)CC1OP(O)(=S)OC. The molecule has 0 bridgehead atoms. The van der Waals surface area contributed by atoms with Crippen molar-refractivity contribution in [2.45, 2.75) is 201 Å². The Morgan fingerprint density at radius 2 is 0.615 bits per heavy atom. The number of fused-ring (bicyclic) bond motifs is 5. The molecule has 12 aromatic rings. The van der Waals surface area contributed by atoms with Crippen molar-refractivity contribution >= 4 is 220 Å². The number of aliphatic hydroxyl groups excluding tert-OH is 1. The predicted octanol–water partition coefficient (Wildman–Crippen LogP) is 1.46. The molecule has 62 nitrogen and oxygen atoms in total. The van der Waals surface area contributed by atoms with Gasteiger partial charge in [-0.2, -0.15) is 4.98 Å². The van der Waals surface area contributed by atoms with Crippen molar-refractivity contribution in [1.29, 1.82) is 0 Å². The van der Waals surface area contributed by atoms with Gasteiger partial charge >= 0.3 is 58.4 Å². The van der Waals surface area contributed by atoms with Crippen LogP contribution in [0.1, 0.15) is 107 Å². The standard InChI is InChI=1S/C72H93N30O32P7S7/c1-5-32-33(6-46(121-32)98-25-89-51-59(74)79-20-84-64(51)98)129-136(108,143)115-16-41-37(10-49(124-41)101-28-92-54-62(77)82-23-87-67(54)101)133-140(112,147)120-19-44-57(56(103)70(127-44)97-12-30(2)58(73)94-71(97)105)134-141(113,148)119-18-43-38(11-50(126-43)102-29-93-55-63(78)83-24-88-68(55)102)132-139(111,146)118-17-42-36(9-48(125-42)100-27-91-53-61(76)81-22-86-66(53)100)131-138(110,145)117-15-40-35(7-45(122-40)96-13-31(3)69(104)95-72(96)106)130-137(109,144)116-14-39-34(128-135(107,142)114-4)8-47(123-39)99-26-90-52-60(75)80-21-85-65(52)99/h12-13,20-29,32-50,56-57,70,103H,5-11,14-19H2,1-4H3,(H,107,142)(H,108,143)(H,109,144)(H,110,145)(H,111,146)(H,112,147)(H,113,148)(H2,73,94,105)(H2,74,79,84)(H2,75,80,85)(H2,76,81,86)(H2,77,82,87)(H2,78,83,88)(H,95,104,106)/t32-,33?,34?,35?,36?,37?,38?,39-,40-,41-,42-,43-,44-,45-,46-,47-,48-,49-,50-,56+,57?,70-,135?,136?,137?,138?,139?,140?,141?/m1/s1. The molecule has 0 spiro atoms. The van der Waals surface area contributed by atoms with Crippen molar-refractivity contribution in [3.63, 3.8) is 0 Å². The third-order valence-electron chi connectivity index (χ3n) is 24.7. The van der Waals surface area contributed by atoms with E-state index < -0.39 is 239 Å². The summed E-state index contributed by atoms with van der Waals surface area (Å²) in [5.74, 6) is 0.0798. The first-order chi connectivity index (χ1) is 70.2. The Morgan fingerprint density at radius 3 is 0.912 bits per heavy atom. The number of imidazole rings is 5. The molecule has 0 aromatic carbocycles. The number of aliphatic hydroxyl groups is 1. The van der Waals surface area contributed by atoms with Gasteiger partial charge in [0.25, 0.3) is 5.56 Å². The number of nitrogens with two attached hydrogens (primary N) is 6. The van der Waals surface area contributed by atoms with E-state index >= 15 is 0 Å². The molecule has 0 radical (unpaired) electrons. The minimum Gasteiger partial charge on any atom is -0.386 e. The molecule has 7 aliphatic heterocycles. The second-order valence-electron chi connectivity index (χ2n) is 34.2. The highest BCUT2D eigenvalue weighted by Crippen LogP contribution is 2.59. The Labute approximate surface area is 867 Å². The summed E-state index contributed by atoms with van der Waals surface area (Å²) in [7, 11) is 1.15. The minimum absolute atomic E-state index is 0.00410. The maximum atomic E-state index is 13.7. The summed E-state index contributed by atoms with van der Waals surface area (Å²) in [4.78, 5) is 194. The molecule has 0 aliphatic carbocycles. The number of nitrogens with zero attached hydrogens (tertiary/aromatic N) is 23.